The number of hydrogen-bond donors (Lipinski definition) is 2. The summed E-state index contributed by atoms with van der Waals surface area (Å²) in [5.41, 5.74) is 8.18. The summed E-state index contributed by atoms with van der Waals surface area (Å²) in [6.45, 7) is 6.83. The third-order valence-corrected chi connectivity index (χ3v) is 7.72. The van der Waals surface area contributed by atoms with Gasteiger partial charge in [-0.05, 0) is 64.1 Å². The average molecular weight is 609 g/mol. The number of nitrogens with one attached hydrogen (secondary N) is 1. The molecule has 4 atom stereocenters. The number of anilines is 1. The molecular weight excluding hydrogens is 576 g/mol. The van der Waals surface area contributed by atoms with E-state index in [0.717, 1.165) is 16.7 Å². The Kier molecular flexibility index (Phi) is 8.70. The van der Waals surface area contributed by atoms with Gasteiger partial charge in [-0.25, -0.2) is 14.4 Å². The van der Waals surface area contributed by atoms with Crippen LogP contribution in [0.2, 0.25) is 0 Å². The van der Waals surface area contributed by atoms with E-state index < -0.39 is 41.8 Å². The van der Waals surface area contributed by atoms with Crippen molar-refractivity contribution in [2.45, 2.75) is 51.6 Å². The van der Waals surface area contributed by atoms with Gasteiger partial charge in [0.15, 0.2) is 17.4 Å². The lowest BCUT2D eigenvalue weighted by molar-refractivity contribution is -0.0895. The van der Waals surface area contributed by atoms with Crippen LogP contribution < -0.4 is 5.73 Å². The second-order valence-corrected chi connectivity index (χ2v) is 11.2. The summed E-state index contributed by atoms with van der Waals surface area (Å²) >= 11 is 0. The minimum atomic E-state index is -1.74. The molecule has 0 unspecified atom stereocenters. The molecule has 11 nitrogen and oxygen atoms in total. The SMILES string of the molecule is Cc1ccc(C(=O)OC[C@H]2O[C@@H](c3[nH]nc(C#N)c3N)[C@](C)(OC(=O)c3ccc(C)cc3)[C@@H]2OC(=O)c2ccc(C)cc2)cc1. The number of rotatable bonds is 8. The maximum atomic E-state index is 13.6. The van der Waals surface area contributed by atoms with E-state index >= 15 is 0 Å². The lowest BCUT2D eigenvalue weighted by Gasteiger charge is -2.34. The maximum Gasteiger partial charge on any atom is 0.338 e. The zero-order valence-corrected chi connectivity index (χ0v) is 25.2. The Labute approximate surface area is 259 Å². The van der Waals surface area contributed by atoms with Crippen LogP contribution in [0.25, 0.3) is 0 Å². The predicted molar refractivity (Wildman–Crippen MR) is 162 cm³/mol. The number of ether oxygens (including phenoxy) is 4. The van der Waals surface area contributed by atoms with Gasteiger partial charge in [0.25, 0.3) is 0 Å². The minimum Gasteiger partial charge on any atom is -0.459 e. The van der Waals surface area contributed by atoms with Crippen molar-refractivity contribution >= 4 is 23.6 Å². The first-order chi connectivity index (χ1) is 21.5. The van der Waals surface area contributed by atoms with Gasteiger partial charge in [0.1, 0.15) is 24.9 Å². The summed E-state index contributed by atoms with van der Waals surface area (Å²) in [4.78, 5) is 40.0. The smallest absolute Gasteiger partial charge is 0.338 e. The fourth-order valence-electron chi connectivity index (χ4n) is 5.09. The van der Waals surface area contributed by atoms with Crippen LogP contribution in [0, 0.1) is 32.1 Å². The molecule has 1 aromatic heterocycles. The minimum absolute atomic E-state index is 0.0268. The Hall–Kier alpha value is -5.47. The molecule has 1 fully saturated rings. The van der Waals surface area contributed by atoms with Crippen molar-refractivity contribution in [1.29, 1.82) is 5.26 Å². The Balaban J connectivity index is 1.54. The predicted octanol–water partition coefficient (Wildman–Crippen LogP) is 4.93. The molecule has 0 spiro atoms. The molecule has 0 radical (unpaired) electrons. The van der Waals surface area contributed by atoms with E-state index in [2.05, 4.69) is 10.2 Å². The van der Waals surface area contributed by atoms with Crippen LogP contribution in [0.4, 0.5) is 5.69 Å². The largest absolute Gasteiger partial charge is 0.459 e. The van der Waals surface area contributed by atoms with E-state index in [1.807, 2.05) is 26.8 Å². The normalized spacial score (nSPS) is 20.6. The summed E-state index contributed by atoms with van der Waals surface area (Å²) < 4.78 is 24.1. The molecule has 0 aliphatic carbocycles. The number of nitriles is 1. The van der Waals surface area contributed by atoms with Crippen LogP contribution in [0.5, 0.6) is 0 Å². The van der Waals surface area contributed by atoms with Gasteiger partial charge in [0.2, 0.25) is 0 Å². The third-order valence-electron chi connectivity index (χ3n) is 7.72. The van der Waals surface area contributed by atoms with Crippen LogP contribution >= 0.6 is 0 Å². The average Bonchev–Trinajstić information content (AvgIpc) is 3.52. The molecule has 11 heteroatoms. The highest BCUT2D eigenvalue weighted by atomic mass is 16.7. The van der Waals surface area contributed by atoms with Crippen LogP contribution in [0.15, 0.2) is 72.8 Å². The quantitative estimate of drug-likeness (QED) is 0.207. The zero-order valence-electron chi connectivity index (χ0n) is 25.2. The first kappa shape index (κ1) is 31.0. The standard InChI is InChI=1S/C34H32N4O7/c1-19-5-11-22(12-6-19)31(39)42-18-26-29(44-32(40)23-13-7-20(2)8-14-23)34(4,45-33(41)24-15-9-21(3)10-16-24)30(43-26)28-27(36)25(17-35)37-38-28/h5-16,26,29-30H,18,36H2,1-4H3,(H,37,38)/t26-,29-,30+,34-/m1/s1. The first-order valence-corrected chi connectivity index (χ1v) is 14.2. The number of aryl methyl sites for hydroxylation is 3. The molecule has 5 rings (SSSR count). The first-order valence-electron chi connectivity index (χ1n) is 14.2. The lowest BCUT2D eigenvalue weighted by Crippen LogP contribution is -2.49. The fraction of sp³-hybridized carbons (Fsp3) is 0.265. The van der Waals surface area contributed by atoms with Crippen LogP contribution in [-0.4, -0.2) is 52.5 Å². The Morgan fingerprint density at radius 2 is 1.36 bits per heavy atom. The number of carbonyl (C=O) groups is 3. The third kappa shape index (κ3) is 6.41. The number of aromatic amines is 1. The van der Waals surface area contributed by atoms with Gasteiger partial charge in [-0.1, -0.05) is 53.1 Å². The highest BCUT2D eigenvalue weighted by molar-refractivity contribution is 5.91. The van der Waals surface area contributed by atoms with E-state index in [1.165, 1.54) is 6.92 Å². The van der Waals surface area contributed by atoms with Crippen molar-refractivity contribution in [2.75, 3.05) is 12.3 Å². The van der Waals surface area contributed by atoms with Gasteiger partial charge >= 0.3 is 17.9 Å². The second-order valence-electron chi connectivity index (χ2n) is 11.2. The Bertz CT molecular complexity index is 1760. The van der Waals surface area contributed by atoms with Crippen molar-refractivity contribution in [2.24, 2.45) is 0 Å². The summed E-state index contributed by atoms with van der Waals surface area (Å²) in [6.07, 6.45) is -3.63. The number of esters is 3. The molecule has 1 aliphatic heterocycles. The van der Waals surface area contributed by atoms with Crippen molar-refractivity contribution in [3.63, 3.8) is 0 Å². The summed E-state index contributed by atoms with van der Waals surface area (Å²) in [5.74, 6) is -2.07. The number of benzene rings is 3. The Morgan fingerprint density at radius 1 is 0.867 bits per heavy atom. The van der Waals surface area contributed by atoms with Gasteiger partial charge < -0.3 is 24.7 Å². The van der Waals surface area contributed by atoms with Crippen molar-refractivity contribution in [3.8, 4) is 6.07 Å². The van der Waals surface area contributed by atoms with Gasteiger partial charge in [-0.2, -0.15) is 10.4 Å². The van der Waals surface area contributed by atoms with Gasteiger partial charge in [0, 0.05) is 0 Å². The zero-order chi connectivity index (χ0) is 32.3. The highest BCUT2D eigenvalue weighted by Crippen LogP contribution is 2.47. The van der Waals surface area contributed by atoms with Crippen molar-refractivity contribution in [3.05, 3.63) is 118 Å². The van der Waals surface area contributed by atoms with Gasteiger partial charge in [-0.15, -0.1) is 0 Å². The number of nitrogens with zero attached hydrogens (tertiary/aromatic N) is 2. The summed E-state index contributed by atoms with van der Waals surface area (Å²) in [7, 11) is 0. The molecule has 1 saturated heterocycles. The van der Waals surface area contributed by atoms with Gasteiger partial charge in [0.05, 0.1) is 28.1 Å². The molecule has 0 amide bonds. The molecular formula is C34H32N4O7. The van der Waals surface area contributed by atoms with Crippen molar-refractivity contribution < 1.29 is 33.3 Å². The summed E-state index contributed by atoms with van der Waals surface area (Å²) in [6, 6.07) is 22.2. The van der Waals surface area contributed by atoms with Crippen LogP contribution in [0.3, 0.4) is 0 Å². The van der Waals surface area contributed by atoms with Crippen molar-refractivity contribution in [1.82, 2.24) is 10.2 Å². The van der Waals surface area contributed by atoms with E-state index in [0.29, 0.717) is 5.56 Å². The number of H-pyrrole nitrogens is 1. The lowest BCUT2D eigenvalue weighted by atomic mass is 9.89. The molecule has 0 saturated carbocycles. The maximum absolute atomic E-state index is 13.6. The topological polar surface area (TPSA) is 167 Å². The van der Waals surface area contributed by atoms with Crippen LogP contribution in [-0.2, 0) is 18.9 Å². The van der Waals surface area contributed by atoms with E-state index in [9.17, 15) is 19.6 Å². The number of nitrogen functional groups attached to an aromatic ring is 1. The monoisotopic (exact) mass is 608 g/mol. The molecule has 3 N–H and O–H groups in total. The molecule has 0 bridgehead atoms. The highest BCUT2D eigenvalue weighted by Gasteiger charge is 2.61. The molecule has 4 aromatic rings. The molecule has 230 valence electrons. The summed E-state index contributed by atoms with van der Waals surface area (Å²) in [5, 5.41) is 16.2. The number of nitrogens with two attached hydrogens (primary N) is 1. The number of carbonyl (C=O) groups excluding carboxylic acids is 3. The van der Waals surface area contributed by atoms with E-state index in [-0.39, 0.29) is 34.8 Å². The number of hydrogen-bond acceptors (Lipinski definition) is 10. The molecule has 2 heterocycles. The second kappa shape index (κ2) is 12.6. The Morgan fingerprint density at radius 3 is 1.84 bits per heavy atom. The molecule has 3 aromatic carbocycles. The van der Waals surface area contributed by atoms with E-state index in [1.54, 1.807) is 72.8 Å². The fourth-order valence-corrected chi connectivity index (χ4v) is 5.09. The van der Waals surface area contributed by atoms with Crippen LogP contribution in [0.1, 0.15) is 72.2 Å². The van der Waals surface area contributed by atoms with Gasteiger partial charge in [-0.3, -0.25) is 5.10 Å². The van der Waals surface area contributed by atoms with E-state index in [4.69, 9.17) is 24.7 Å². The molecule has 45 heavy (non-hydrogen) atoms. The molecule has 1 aliphatic rings. The number of aromatic nitrogens is 2.